The normalized spacial score (nSPS) is 10.6. The highest BCUT2D eigenvalue weighted by Crippen LogP contribution is 2.40. The number of nitro benzene ring substituents is 1. The summed E-state index contributed by atoms with van der Waals surface area (Å²) in [5, 5.41) is 15.3. The van der Waals surface area contributed by atoms with E-state index in [9.17, 15) is 10.1 Å². The highest BCUT2D eigenvalue weighted by molar-refractivity contribution is 5.96. The zero-order valence-corrected chi connectivity index (χ0v) is 16.1. The van der Waals surface area contributed by atoms with Gasteiger partial charge in [-0.05, 0) is 25.1 Å². The Morgan fingerprint density at radius 3 is 2.46 bits per heavy atom. The van der Waals surface area contributed by atoms with Gasteiger partial charge in [-0.25, -0.2) is 4.98 Å². The summed E-state index contributed by atoms with van der Waals surface area (Å²) >= 11 is 0. The highest BCUT2D eigenvalue weighted by Gasteiger charge is 2.18. The van der Waals surface area contributed by atoms with Crippen molar-refractivity contribution in [3.63, 3.8) is 0 Å². The molecule has 3 rings (SSSR count). The number of nitrogens with one attached hydrogen (secondary N) is 1. The van der Waals surface area contributed by atoms with Crippen molar-refractivity contribution in [1.82, 2.24) is 4.98 Å². The van der Waals surface area contributed by atoms with Gasteiger partial charge in [0.15, 0.2) is 17.0 Å². The quantitative estimate of drug-likeness (QED) is 0.485. The van der Waals surface area contributed by atoms with E-state index in [0.29, 0.717) is 40.4 Å². The van der Waals surface area contributed by atoms with E-state index in [1.807, 2.05) is 18.2 Å². The molecule has 0 bridgehead atoms. The Bertz CT molecular complexity index is 1040. The number of benzene rings is 2. The lowest BCUT2D eigenvalue weighted by atomic mass is 10.1. The lowest BCUT2D eigenvalue weighted by Crippen LogP contribution is -2.05. The van der Waals surface area contributed by atoms with Gasteiger partial charge in [-0.2, -0.15) is 0 Å². The molecule has 0 spiro atoms. The zero-order chi connectivity index (χ0) is 20.3. The molecule has 1 heterocycles. The fraction of sp³-hybridized carbons (Fsp3) is 0.250. The monoisotopic (exact) mass is 383 g/mol. The molecule has 8 heteroatoms. The molecule has 0 aliphatic rings. The fourth-order valence-corrected chi connectivity index (χ4v) is 3.15. The van der Waals surface area contributed by atoms with Gasteiger partial charge in [0, 0.05) is 34.9 Å². The SMILES string of the molecule is COc1ccc(CNc2cc(C)nc3c([N+](=O)[O-])cccc23)c(OC)c1OC. The minimum Gasteiger partial charge on any atom is -0.493 e. The Kier molecular flexibility index (Phi) is 5.49. The smallest absolute Gasteiger partial charge is 0.295 e. The molecule has 3 aromatic rings. The summed E-state index contributed by atoms with van der Waals surface area (Å²) in [6.45, 7) is 2.23. The molecule has 1 N–H and O–H groups in total. The molecule has 1 aromatic heterocycles. The summed E-state index contributed by atoms with van der Waals surface area (Å²) in [6, 6.07) is 10.5. The number of hydrogen-bond donors (Lipinski definition) is 1. The van der Waals surface area contributed by atoms with Crippen LogP contribution in [0, 0.1) is 17.0 Å². The number of nitrogens with zero attached hydrogens (tertiary/aromatic N) is 2. The van der Waals surface area contributed by atoms with E-state index in [1.165, 1.54) is 6.07 Å². The Balaban J connectivity index is 2.01. The third-order valence-corrected chi connectivity index (χ3v) is 4.40. The lowest BCUT2D eigenvalue weighted by Gasteiger charge is -2.17. The van der Waals surface area contributed by atoms with Crippen LogP contribution in [-0.4, -0.2) is 31.2 Å². The number of para-hydroxylation sites is 1. The molecule has 0 aliphatic carbocycles. The van der Waals surface area contributed by atoms with Gasteiger partial charge in [-0.15, -0.1) is 0 Å². The van der Waals surface area contributed by atoms with Crippen molar-refractivity contribution in [3.05, 3.63) is 57.8 Å². The van der Waals surface area contributed by atoms with Gasteiger partial charge in [-0.3, -0.25) is 10.1 Å². The van der Waals surface area contributed by atoms with Crippen LogP contribution < -0.4 is 19.5 Å². The largest absolute Gasteiger partial charge is 0.493 e. The maximum Gasteiger partial charge on any atom is 0.295 e. The molecule has 0 radical (unpaired) electrons. The number of methoxy groups -OCH3 is 3. The third kappa shape index (κ3) is 3.48. The minimum absolute atomic E-state index is 0.0204. The fourth-order valence-electron chi connectivity index (χ4n) is 3.15. The van der Waals surface area contributed by atoms with Crippen LogP contribution in [0.25, 0.3) is 10.9 Å². The summed E-state index contributed by atoms with van der Waals surface area (Å²) in [7, 11) is 4.68. The van der Waals surface area contributed by atoms with Crippen molar-refractivity contribution < 1.29 is 19.1 Å². The first-order valence-corrected chi connectivity index (χ1v) is 8.56. The average molecular weight is 383 g/mol. The molecule has 28 heavy (non-hydrogen) atoms. The number of aromatic nitrogens is 1. The maximum absolute atomic E-state index is 11.3. The maximum atomic E-state index is 11.3. The topological polar surface area (TPSA) is 95.8 Å². The molecular formula is C20H21N3O5. The molecule has 0 aliphatic heterocycles. The molecule has 0 atom stereocenters. The number of anilines is 1. The van der Waals surface area contributed by atoms with Crippen molar-refractivity contribution in [3.8, 4) is 17.2 Å². The number of non-ortho nitro benzene ring substituents is 1. The number of nitro groups is 1. The highest BCUT2D eigenvalue weighted by atomic mass is 16.6. The van der Waals surface area contributed by atoms with Crippen LogP contribution in [0.1, 0.15) is 11.3 Å². The van der Waals surface area contributed by atoms with Crippen LogP contribution in [-0.2, 0) is 6.54 Å². The summed E-state index contributed by atoms with van der Waals surface area (Å²) in [4.78, 5) is 15.3. The van der Waals surface area contributed by atoms with Crippen LogP contribution in [0.5, 0.6) is 17.2 Å². The summed E-state index contributed by atoms with van der Waals surface area (Å²) in [5.41, 5.74) is 2.63. The predicted octanol–water partition coefficient (Wildman–Crippen LogP) is 4.09. The van der Waals surface area contributed by atoms with E-state index in [4.69, 9.17) is 14.2 Å². The number of aryl methyl sites for hydroxylation is 1. The zero-order valence-electron chi connectivity index (χ0n) is 16.1. The molecule has 0 saturated carbocycles. The average Bonchev–Trinajstić information content (AvgIpc) is 2.70. The number of fused-ring (bicyclic) bond motifs is 1. The Hall–Kier alpha value is -3.55. The van der Waals surface area contributed by atoms with Crippen LogP contribution in [0.4, 0.5) is 11.4 Å². The number of rotatable bonds is 7. The van der Waals surface area contributed by atoms with E-state index in [1.54, 1.807) is 40.4 Å². The molecule has 0 saturated heterocycles. The third-order valence-electron chi connectivity index (χ3n) is 4.40. The number of hydrogen-bond acceptors (Lipinski definition) is 7. The standard InChI is InChI=1S/C20H21N3O5/c1-12-10-15(14-6-5-7-16(23(24)25)18(14)22-12)21-11-13-8-9-17(26-2)20(28-4)19(13)27-3/h5-10H,11H2,1-4H3,(H,21,22). The van der Waals surface area contributed by atoms with Gasteiger partial charge in [-0.1, -0.05) is 12.1 Å². The predicted molar refractivity (Wildman–Crippen MR) is 107 cm³/mol. The van der Waals surface area contributed by atoms with Gasteiger partial charge in [0.05, 0.1) is 26.3 Å². The molecule has 8 nitrogen and oxygen atoms in total. The Morgan fingerprint density at radius 2 is 1.82 bits per heavy atom. The van der Waals surface area contributed by atoms with Gasteiger partial charge < -0.3 is 19.5 Å². The van der Waals surface area contributed by atoms with Crippen molar-refractivity contribution in [2.75, 3.05) is 26.6 Å². The number of ether oxygens (including phenoxy) is 3. The Morgan fingerprint density at radius 1 is 1.07 bits per heavy atom. The molecule has 0 fully saturated rings. The molecule has 2 aromatic carbocycles. The van der Waals surface area contributed by atoms with Crippen molar-refractivity contribution in [2.45, 2.75) is 13.5 Å². The van der Waals surface area contributed by atoms with E-state index in [0.717, 1.165) is 11.3 Å². The van der Waals surface area contributed by atoms with Crippen LogP contribution >= 0.6 is 0 Å². The van der Waals surface area contributed by atoms with Crippen LogP contribution in [0.2, 0.25) is 0 Å². The second kappa shape index (κ2) is 7.99. The first-order valence-electron chi connectivity index (χ1n) is 8.56. The summed E-state index contributed by atoms with van der Waals surface area (Å²) < 4.78 is 16.2. The van der Waals surface area contributed by atoms with E-state index in [2.05, 4.69) is 10.3 Å². The number of pyridine rings is 1. The molecule has 146 valence electrons. The summed E-state index contributed by atoms with van der Waals surface area (Å²) in [6.07, 6.45) is 0. The second-order valence-electron chi connectivity index (χ2n) is 6.09. The molecule has 0 amide bonds. The van der Waals surface area contributed by atoms with Gasteiger partial charge in [0.2, 0.25) is 5.75 Å². The van der Waals surface area contributed by atoms with E-state index in [-0.39, 0.29) is 5.69 Å². The second-order valence-corrected chi connectivity index (χ2v) is 6.09. The molecular weight excluding hydrogens is 362 g/mol. The van der Waals surface area contributed by atoms with Crippen LogP contribution in [0.3, 0.4) is 0 Å². The first-order chi connectivity index (χ1) is 13.5. The molecule has 0 unspecified atom stereocenters. The minimum atomic E-state index is -0.421. The summed E-state index contributed by atoms with van der Waals surface area (Å²) in [5.74, 6) is 1.65. The van der Waals surface area contributed by atoms with Crippen molar-refractivity contribution in [1.29, 1.82) is 0 Å². The first kappa shape index (κ1) is 19.2. The Labute approximate surface area is 162 Å². The lowest BCUT2D eigenvalue weighted by molar-refractivity contribution is -0.383. The van der Waals surface area contributed by atoms with Gasteiger partial charge >= 0.3 is 0 Å². The van der Waals surface area contributed by atoms with Crippen LogP contribution in [0.15, 0.2) is 36.4 Å². The van der Waals surface area contributed by atoms with E-state index < -0.39 is 4.92 Å². The van der Waals surface area contributed by atoms with E-state index >= 15 is 0 Å². The van der Waals surface area contributed by atoms with Gasteiger partial charge in [0.1, 0.15) is 0 Å². The van der Waals surface area contributed by atoms with Crippen molar-refractivity contribution >= 4 is 22.3 Å². The van der Waals surface area contributed by atoms with Crippen molar-refractivity contribution in [2.24, 2.45) is 0 Å². The van der Waals surface area contributed by atoms with Gasteiger partial charge in [0.25, 0.3) is 5.69 Å².